The first-order valence-corrected chi connectivity index (χ1v) is 11.5. The minimum Gasteiger partial charge on any atom is -0.496 e. The van der Waals surface area contributed by atoms with Gasteiger partial charge in [-0.25, -0.2) is 4.98 Å². The zero-order chi connectivity index (χ0) is 23.6. The Hall–Kier alpha value is -1.96. The number of carboxylic acid groups (broad SMARTS) is 1. The number of carbonyl (C=O) groups is 1. The average Bonchev–Trinajstić information content (AvgIpc) is 2.83. The van der Waals surface area contributed by atoms with Gasteiger partial charge in [0, 0.05) is 18.2 Å². The van der Waals surface area contributed by atoms with Crippen molar-refractivity contribution in [1.29, 1.82) is 0 Å². The first-order chi connectivity index (χ1) is 15.5. The number of aliphatic carboxylic acids is 1. The number of ether oxygens (including phenoxy) is 1. The van der Waals surface area contributed by atoms with Crippen LogP contribution in [-0.4, -0.2) is 29.2 Å². The number of rotatable bonds is 9. The summed E-state index contributed by atoms with van der Waals surface area (Å²) in [5, 5.41) is 11.5. The van der Waals surface area contributed by atoms with E-state index in [0.29, 0.717) is 13.0 Å². The molecule has 0 fully saturated rings. The fraction of sp³-hybridized carbons (Fsp3) is 0.444. The molecule has 1 atom stereocenters. The number of anilines is 1. The zero-order valence-electron chi connectivity index (χ0n) is 20.5. The van der Waals surface area contributed by atoms with E-state index in [9.17, 15) is 4.79 Å². The molecule has 1 aromatic heterocycles. The molecule has 33 heavy (non-hydrogen) atoms. The smallest absolute Gasteiger partial charge is 0.496 e. The Labute approximate surface area is 212 Å². The molecule has 1 aromatic carbocycles. The van der Waals surface area contributed by atoms with Crippen LogP contribution in [0.1, 0.15) is 56.7 Å². The van der Waals surface area contributed by atoms with E-state index in [1.807, 2.05) is 30.3 Å². The number of pyridine rings is 1. The third kappa shape index (κ3) is 14.0. The molecule has 0 unspecified atom stereocenters. The maximum atomic E-state index is 9.89. The normalized spacial score (nSPS) is 12.2. The van der Waals surface area contributed by atoms with E-state index < -0.39 is 5.97 Å². The molecule has 178 valence electrons. The number of benzene rings is 1. The van der Waals surface area contributed by atoms with Gasteiger partial charge in [0.05, 0.1) is 6.61 Å². The number of nitrogens with zero attached hydrogens (tertiary/aromatic N) is 1. The van der Waals surface area contributed by atoms with Crippen LogP contribution in [0, 0.1) is 26.7 Å². The van der Waals surface area contributed by atoms with E-state index in [1.54, 1.807) is 6.92 Å². The second-order valence-electron chi connectivity index (χ2n) is 7.69. The van der Waals surface area contributed by atoms with Crippen LogP contribution < -0.4 is 28.9 Å². The van der Waals surface area contributed by atoms with Crippen molar-refractivity contribution in [2.24, 2.45) is 5.92 Å². The van der Waals surface area contributed by atoms with Crippen molar-refractivity contribution < 1.29 is 33.5 Å². The van der Waals surface area contributed by atoms with E-state index in [0.717, 1.165) is 37.4 Å². The maximum absolute atomic E-state index is 9.89. The number of aryl methyl sites for hydroxylation is 2. The maximum Gasteiger partial charge on any atom is 1.00 e. The van der Waals surface area contributed by atoms with Gasteiger partial charge in [0.2, 0.25) is 0 Å². The molecule has 0 aliphatic carbocycles. The van der Waals surface area contributed by atoms with Gasteiger partial charge in [-0.3, -0.25) is 4.79 Å². The molecule has 5 nitrogen and oxygen atoms in total. The molecule has 2 N–H and O–H groups in total. The molecule has 0 bridgehead atoms. The second kappa shape index (κ2) is 19.5. The molecule has 6 heteroatoms. The molecular weight excluding hydrogens is 407 g/mol. The average molecular weight is 447 g/mol. The number of carboxylic acids is 1. The van der Waals surface area contributed by atoms with E-state index >= 15 is 0 Å². The molecular formula is C27H39LiN2O3-2. The van der Waals surface area contributed by atoms with Crippen molar-refractivity contribution in [1.82, 2.24) is 4.98 Å². The van der Waals surface area contributed by atoms with Gasteiger partial charge in [-0.1, -0.05) is 44.0 Å². The Morgan fingerprint density at radius 2 is 1.85 bits per heavy atom. The number of para-hydroxylation sites is 1. The molecule has 3 rings (SSSR count). The third-order valence-corrected chi connectivity index (χ3v) is 4.90. The minimum absolute atomic E-state index is 0. The first-order valence-electron chi connectivity index (χ1n) is 11.5. The summed E-state index contributed by atoms with van der Waals surface area (Å²) in [4.78, 5) is 14.5. The summed E-state index contributed by atoms with van der Waals surface area (Å²) in [5.74, 6) is 0.981. The second-order valence-corrected chi connectivity index (χ2v) is 7.69. The van der Waals surface area contributed by atoms with Crippen LogP contribution in [0.2, 0.25) is 0 Å². The molecule has 0 saturated carbocycles. The molecule has 1 aliphatic heterocycles. The largest absolute Gasteiger partial charge is 1.00 e. The van der Waals surface area contributed by atoms with Gasteiger partial charge in [0.15, 0.2) is 0 Å². The summed E-state index contributed by atoms with van der Waals surface area (Å²) in [5.41, 5.74) is 2.60. The fourth-order valence-electron chi connectivity index (χ4n) is 2.82. The van der Waals surface area contributed by atoms with Gasteiger partial charge in [-0.15, -0.1) is 6.42 Å². The van der Waals surface area contributed by atoms with Gasteiger partial charge < -0.3 is 35.9 Å². The Morgan fingerprint density at radius 1 is 1.12 bits per heavy atom. The Kier molecular flexibility index (Phi) is 18.3. The van der Waals surface area contributed by atoms with E-state index in [2.05, 4.69) is 43.2 Å². The van der Waals surface area contributed by atoms with E-state index in [-0.39, 0.29) is 24.8 Å². The summed E-state index contributed by atoms with van der Waals surface area (Å²) < 4.78 is 5.29. The number of unbranched alkanes of at least 4 members (excludes halogenated alkanes) is 2. The topological polar surface area (TPSA) is 71.5 Å². The van der Waals surface area contributed by atoms with E-state index in [4.69, 9.17) is 9.84 Å². The molecule has 0 spiro atoms. The molecule has 1 aliphatic rings. The monoisotopic (exact) mass is 446 g/mol. The number of hydrogen-bond donors (Lipinski definition) is 2. The number of hydrogen-bond acceptors (Lipinski definition) is 4. The fourth-order valence-corrected chi connectivity index (χ4v) is 2.82. The molecule has 2 heterocycles. The van der Waals surface area contributed by atoms with Crippen LogP contribution in [0.5, 0.6) is 5.75 Å². The predicted octanol–water partition coefficient (Wildman–Crippen LogP) is 3.21. The molecule has 0 radical (unpaired) electrons. The number of fused-ring (bicyclic) bond motifs is 1. The van der Waals surface area contributed by atoms with Crippen molar-refractivity contribution in [3.63, 3.8) is 0 Å². The van der Waals surface area contributed by atoms with Gasteiger partial charge >= 0.3 is 24.8 Å². The van der Waals surface area contributed by atoms with Crippen molar-refractivity contribution in [2.75, 3.05) is 18.5 Å². The van der Waals surface area contributed by atoms with Gasteiger partial charge in [0.25, 0.3) is 0 Å². The van der Waals surface area contributed by atoms with Crippen molar-refractivity contribution in [2.45, 2.75) is 58.3 Å². The molecule has 2 aromatic rings. The molecule has 0 saturated heterocycles. The van der Waals surface area contributed by atoms with Crippen LogP contribution in [0.15, 0.2) is 42.5 Å². The van der Waals surface area contributed by atoms with Gasteiger partial charge in [-0.2, -0.15) is 12.8 Å². The van der Waals surface area contributed by atoms with Crippen LogP contribution >= 0.6 is 0 Å². The summed E-state index contributed by atoms with van der Waals surface area (Å²) in [6, 6.07) is 14.2. The summed E-state index contributed by atoms with van der Waals surface area (Å²) in [6.45, 7) is 14.4. The van der Waals surface area contributed by atoms with Gasteiger partial charge in [0.1, 0.15) is 11.6 Å². The SMILES string of the molecule is [CH2-]CCCCc1ccc2c(n1)NCCC2.[CH2-]CCOc1ccccc1.[CH2-]C[C@H](C)C(=O)O.[Li+]. The van der Waals surface area contributed by atoms with Crippen LogP contribution in [0.4, 0.5) is 5.82 Å². The van der Waals surface area contributed by atoms with Crippen LogP contribution in [-0.2, 0) is 17.6 Å². The zero-order valence-corrected chi connectivity index (χ0v) is 20.5. The van der Waals surface area contributed by atoms with Crippen molar-refractivity contribution in [3.05, 3.63) is 74.5 Å². The molecule has 0 amide bonds. The Bertz CT molecular complexity index is 756. The van der Waals surface area contributed by atoms with Crippen LogP contribution in [0.25, 0.3) is 0 Å². The summed E-state index contributed by atoms with van der Waals surface area (Å²) in [7, 11) is 0. The van der Waals surface area contributed by atoms with Crippen LogP contribution in [0.3, 0.4) is 0 Å². The standard InChI is InChI=1S/C13H19N2.C9H11O.C5H9O2.Li/c1-2-3-4-7-12-9-8-11-6-5-10-14-13(11)15-12;1-2-8-10-9-6-4-3-5-7-9;1-3-4(2)5(6)7;/h8-9H,1-7,10H2,(H,14,15);3-7H,1-2,8H2;4H,1,3H2,2H3,(H,6,7);/q3*-1;+1/t;;4-;/m..0./s1. The van der Waals surface area contributed by atoms with Gasteiger partial charge in [-0.05, 0) is 43.0 Å². The number of aromatic nitrogens is 1. The Morgan fingerprint density at radius 3 is 2.42 bits per heavy atom. The summed E-state index contributed by atoms with van der Waals surface area (Å²) >= 11 is 0. The summed E-state index contributed by atoms with van der Waals surface area (Å²) in [6.07, 6.45) is 8.21. The van der Waals surface area contributed by atoms with E-state index in [1.165, 1.54) is 36.9 Å². The Balaban J connectivity index is 0.000000497. The first kappa shape index (κ1) is 31.0. The minimum atomic E-state index is -0.769. The predicted molar refractivity (Wildman–Crippen MR) is 133 cm³/mol. The van der Waals surface area contributed by atoms with Crippen molar-refractivity contribution >= 4 is 11.8 Å². The quantitative estimate of drug-likeness (QED) is 0.352. The third-order valence-electron chi connectivity index (χ3n) is 4.90. The number of nitrogens with one attached hydrogen (secondary N) is 1. The van der Waals surface area contributed by atoms with Crippen molar-refractivity contribution in [3.8, 4) is 5.75 Å².